The molecule has 0 unspecified atom stereocenters. The van der Waals surface area contributed by atoms with Gasteiger partial charge in [-0.15, -0.1) is 0 Å². The zero-order valence-corrected chi connectivity index (χ0v) is 9.77. The van der Waals surface area contributed by atoms with E-state index in [9.17, 15) is 0 Å². The van der Waals surface area contributed by atoms with Crippen LogP contribution in [0, 0.1) is 0 Å². The maximum absolute atomic E-state index is 6.21. The smallest absolute Gasteiger partial charge is 0.0733 e. The summed E-state index contributed by atoms with van der Waals surface area (Å²) < 4.78 is 0. The Kier molecular flexibility index (Phi) is 2.22. The third kappa shape index (κ3) is 1.53. The third-order valence-corrected chi connectivity index (χ3v) is 3.20. The lowest BCUT2D eigenvalue weighted by Gasteiger charge is -2.07. The topological polar surface area (TPSA) is 38.9 Å². The molecule has 0 aliphatic heterocycles. The van der Waals surface area contributed by atoms with Gasteiger partial charge in [-0.1, -0.05) is 37.3 Å². The van der Waals surface area contributed by atoms with Crippen LogP contribution in [0.3, 0.4) is 0 Å². The van der Waals surface area contributed by atoms with Crippen LogP contribution in [-0.2, 0) is 6.42 Å². The summed E-state index contributed by atoms with van der Waals surface area (Å²) in [6, 6.07) is 14.3. The number of benzene rings is 2. The van der Waals surface area contributed by atoms with Crippen LogP contribution in [0.1, 0.15) is 12.5 Å². The van der Waals surface area contributed by atoms with E-state index >= 15 is 0 Å². The van der Waals surface area contributed by atoms with E-state index in [2.05, 4.69) is 30.1 Å². The summed E-state index contributed by atoms with van der Waals surface area (Å²) in [6.07, 6.45) is 1.02. The van der Waals surface area contributed by atoms with Gasteiger partial charge in [0.05, 0.1) is 16.7 Å². The molecule has 0 atom stereocenters. The van der Waals surface area contributed by atoms with E-state index in [4.69, 9.17) is 5.73 Å². The monoisotopic (exact) mass is 222 g/mol. The molecule has 3 aromatic rings. The highest BCUT2D eigenvalue weighted by Crippen LogP contribution is 2.28. The number of fused-ring (bicyclic) bond motifs is 2. The van der Waals surface area contributed by atoms with Gasteiger partial charge in [-0.25, -0.2) is 4.98 Å². The molecule has 0 aliphatic carbocycles. The van der Waals surface area contributed by atoms with Gasteiger partial charge in [-0.2, -0.15) is 0 Å². The minimum atomic E-state index is 0.827. The molecular weight excluding hydrogens is 208 g/mol. The number of aryl methyl sites for hydroxylation is 1. The van der Waals surface area contributed by atoms with Gasteiger partial charge in [-0.3, -0.25) is 0 Å². The molecule has 0 radical (unpaired) electrons. The van der Waals surface area contributed by atoms with Crippen molar-refractivity contribution in [3.63, 3.8) is 0 Å². The molecule has 0 fully saturated rings. The van der Waals surface area contributed by atoms with Crippen LogP contribution in [0.15, 0.2) is 42.5 Å². The Morgan fingerprint density at radius 2 is 1.76 bits per heavy atom. The zero-order chi connectivity index (χ0) is 11.8. The minimum absolute atomic E-state index is 0.827. The maximum atomic E-state index is 6.21. The van der Waals surface area contributed by atoms with Gasteiger partial charge >= 0.3 is 0 Å². The Labute approximate surface area is 100 Å². The number of hydrogen-bond donors (Lipinski definition) is 1. The Balaban J connectivity index is 2.45. The number of rotatable bonds is 1. The van der Waals surface area contributed by atoms with Gasteiger partial charge in [0, 0.05) is 10.8 Å². The fourth-order valence-electron chi connectivity index (χ4n) is 2.19. The summed E-state index contributed by atoms with van der Waals surface area (Å²) in [6.45, 7) is 2.14. The molecule has 0 aliphatic rings. The average molecular weight is 222 g/mol. The van der Waals surface area contributed by atoms with Crippen molar-refractivity contribution in [3.05, 3.63) is 48.0 Å². The molecule has 0 spiro atoms. The van der Waals surface area contributed by atoms with Crippen LogP contribution in [-0.4, -0.2) is 4.98 Å². The highest BCUT2D eigenvalue weighted by Gasteiger charge is 2.05. The van der Waals surface area contributed by atoms with Crippen molar-refractivity contribution in [2.24, 2.45) is 0 Å². The molecule has 17 heavy (non-hydrogen) atoms. The first-order valence-electron chi connectivity index (χ1n) is 5.86. The zero-order valence-electron chi connectivity index (χ0n) is 9.77. The fourth-order valence-corrected chi connectivity index (χ4v) is 2.19. The van der Waals surface area contributed by atoms with E-state index in [1.54, 1.807) is 0 Å². The van der Waals surface area contributed by atoms with E-state index in [1.807, 2.05) is 24.3 Å². The summed E-state index contributed by atoms with van der Waals surface area (Å²) in [5.41, 5.74) is 10.3. The van der Waals surface area contributed by atoms with Gasteiger partial charge in [0.2, 0.25) is 0 Å². The van der Waals surface area contributed by atoms with Crippen LogP contribution in [0.4, 0.5) is 5.69 Å². The molecule has 2 heteroatoms. The Morgan fingerprint density at radius 1 is 1.00 bits per heavy atom. The van der Waals surface area contributed by atoms with Gasteiger partial charge in [0.15, 0.2) is 0 Å². The van der Waals surface area contributed by atoms with Crippen molar-refractivity contribution in [1.29, 1.82) is 0 Å². The first-order chi connectivity index (χ1) is 8.29. The van der Waals surface area contributed by atoms with Crippen molar-refractivity contribution in [2.75, 3.05) is 5.73 Å². The number of aromatic nitrogens is 1. The van der Waals surface area contributed by atoms with Crippen LogP contribution < -0.4 is 5.73 Å². The Bertz CT molecular complexity index is 702. The molecule has 2 aromatic carbocycles. The number of anilines is 1. The minimum Gasteiger partial charge on any atom is -0.398 e. The largest absolute Gasteiger partial charge is 0.398 e. The van der Waals surface area contributed by atoms with Crippen LogP contribution in [0.25, 0.3) is 21.8 Å². The van der Waals surface area contributed by atoms with Gasteiger partial charge in [0.1, 0.15) is 0 Å². The summed E-state index contributed by atoms with van der Waals surface area (Å²) in [7, 11) is 0. The average Bonchev–Trinajstić information content (AvgIpc) is 2.38. The quantitative estimate of drug-likeness (QED) is 0.640. The number of pyridine rings is 1. The Morgan fingerprint density at radius 3 is 2.59 bits per heavy atom. The number of hydrogen-bond acceptors (Lipinski definition) is 2. The van der Waals surface area contributed by atoms with Gasteiger partial charge < -0.3 is 5.73 Å². The van der Waals surface area contributed by atoms with Crippen molar-refractivity contribution >= 4 is 27.5 Å². The number of nitrogens with two attached hydrogens (primary N) is 1. The Hall–Kier alpha value is -2.09. The van der Waals surface area contributed by atoms with Crippen molar-refractivity contribution in [2.45, 2.75) is 13.3 Å². The second kappa shape index (κ2) is 3.74. The second-order valence-electron chi connectivity index (χ2n) is 4.25. The van der Waals surface area contributed by atoms with Crippen molar-refractivity contribution in [1.82, 2.24) is 4.98 Å². The maximum Gasteiger partial charge on any atom is 0.0733 e. The molecule has 2 nitrogen and oxygen atoms in total. The molecule has 0 bridgehead atoms. The van der Waals surface area contributed by atoms with E-state index in [-0.39, 0.29) is 0 Å². The highest BCUT2D eigenvalue weighted by atomic mass is 14.7. The number of nitrogen functional groups attached to an aromatic ring is 1. The molecule has 1 heterocycles. The summed E-state index contributed by atoms with van der Waals surface area (Å²) >= 11 is 0. The van der Waals surface area contributed by atoms with Gasteiger partial charge in [0.25, 0.3) is 0 Å². The van der Waals surface area contributed by atoms with Crippen molar-refractivity contribution in [3.8, 4) is 0 Å². The van der Waals surface area contributed by atoms with Crippen LogP contribution >= 0.6 is 0 Å². The lowest BCUT2D eigenvalue weighted by atomic mass is 10.1. The van der Waals surface area contributed by atoms with E-state index < -0.39 is 0 Å². The summed E-state index contributed by atoms with van der Waals surface area (Å²) in [4.78, 5) is 4.67. The molecule has 84 valence electrons. The third-order valence-electron chi connectivity index (χ3n) is 3.20. The van der Waals surface area contributed by atoms with Crippen molar-refractivity contribution < 1.29 is 0 Å². The molecule has 0 saturated carbocycles. The lowest BCUT2D eigenvalue weighted by molar-refractivity contribution is 1.14. The standard InChI is InChI=1S/C15H14N2/c1-2-10-7-8-12-14(9-10)17-13-6-4-3-5-11(13)15(12)16/h3-9H,2H2,1H3,(H2,16,17). The SMILES string of the molecule is CCc1ccc2c(N)c3ccccc3nc2c1. The fraction of sp³-hybridized carbons (Fsp3) is 0.133. The van der Waals surface area contributed by atoms with E-state index in [1.165, 1.54) is 5.56 Å². The first kappa shape index (κ1) is 10.1. The predicted octanol–water partition coefficient (Wildman–Crippen LogP) is 3.53. The molecular formula is C15H14N2. The van der Waals surface area contributed by atoms with Crippen LogP contribution in [0.2, 0.25) is 0 Å². The van der Waals surface area contributed by atoms with Crippen LogP contribution in [0.5, 0.6) is 0 Å². The van der Waals surface area contributed by atoms with E-state index in [0.717, 1.165) is 33.9 Å². The summed E-state index contributed by atoms with van der Waals surface area (Å²) in [5, 5.41) is 2.07. The predicted molar refractivity (Wildman–Crippen MR) is 73.0 cm³/mol. The molecule has 0 saturated heterocycles. The number of nitrogens with zero attached hydrogens (tertiary/aromatic N) is 1. The molecule has 2 N–H and O–H groups in total. The lowest BCUT2D eigenvalue weighted by Crippen LogP contribution is -1.93. The molecule has 3 rings (SSSR count). The number of para-hydroxylation sites is 1. The summed E-state index contributed by atoms with van der Waals surface area (Å²) in [5.74, 6) is 0. The first-order valence-corrected chi connectivity index (χ1v) is 5.86. The van der Waals surface area contributed by atoms with E-state index in [0.29, 0.717) is 0 Å². The molecule has 1 aromatic heterocycles. The normalized spacial score (nSPS) is 11.1. The molecule has 0 amide bonds. The second-order valence-corrected chi connectivity index (χ2v) is 4.25. The van der Waals surface area contributed by atoms with Gasteiger partial charge in [-0.05, 0) is 24.1 Å². The highest BCUT2D eigenvalue weighted by molar-refractivity contribution is 6.06.